The number of benzene rings is 1. The topological polar surface area (TPSA) is 56.7 Å². The maximum absolute atomic E-state index is 5.92. The predicted molar refractivity (Wildman–Crippen MR) is 91.7 cm³/mol. The molecular weight excluding hydrogens is 300 g/mol. The van der Waals surface area contributed by atoms with Crippen LogP contribution in [0.1, 0.15) is 57.0 Å². The molecule has 2 aromatic heterocycles. The molecule has 0 amide bonds. The number of rotatable bonds is 3. The summed E-state index contributed by atoms with van der Waals surface area (Å²) in [6.45, 7) is 6.63. The van der Waals surface area contributed by atoms with Gasteiger partial charge in [0.05, 0.1) is 6.33 Å². The molecule has 0 aliphatic heterocycles. The second kappa shape index (κ2) is 5.58. The number of aromatic nitrogens is 4. The van der Waals surface area contributed by atoms with Crippen LogP contribution in [0.25, 0.3) is 11.5 Å². The first kappa shape index (κ1) is 15.1. The summed E-state index contributed by atoms with van der Waals surface area (Å²) in [5.41, 5.74) is 2.42. The van der Waals surface area contributed by atoms with Crippen molar-refractivity contribution in [3.8, 4) is 11.5 Å². The summed E-state index contributed by atoms with van der Waals surface area (Å²) in [5.74, 6) is 1.71. The number of hydrogen-bond acceptors (Lipinski definition) is 4. The van der Waals surface area contributed by atoms with Gasteiger partial charge in [-0.2, -0.15) is 0 Å². The average Bonchev–Trinajstić information content (AvgIpc) is 3.17. The first-order valence-corrected chi connectivity index (χ1v) is 8.42. The number of imidazole rings is 1. The molecule has 0 bridgehead atoms. The summed E-state index contributed by atoms with van der Waals surface area (Å²) in [4.78, 5) is 4.10. The van der Waals surface area contributed by atoms with Crippen LogP contribution < -0.4 is 0 Å². The summed E-state index contributed by atoms with van der Waals surface area (Å²) in [7, 11) is 0. The SMILES string of the molecule is CC(C)(C)c1ccc(-c2nnc(C3CC(n4ccnc4)C3)o2)cc1. The van der Waals surface area contributed by atoms with Crippen LogP contribution in [0.5, 0.6) is 0 Å². The quantitative estimate of drug-likeness (QED) is 0.719. The lowest BCUT2D eigenvalue weighted by Gasteiger charge is -2.33. The Morgan fingerprint density at radius 3 is 2.46 bits per heavy atom. The van der Waals surface area contributed by atoms with Gasteiger partial charge < -0.3 is 8.98 Å². The Hall–Kier alpha value is -2.43. The van der Waals surface area contributed by atoms with E-state index in [-0.39, 0.29) is 5.41 Å². The van der Waals surface area contributed by atoms with Crippen LogP contribution >= 0.6 is 0 Å². The lowest BCUT2D eigenvalue weighted by molar-refractivity contribution is 0.230. The second-order valence-electron chi connectivity index (χ2n) is 7.60. The summed E-state index contributed by atoms with van der Waals surface area (Å²) < 4.78 is 8.07. The smallest absolute Gasteiger partial charge is 0.247 e. The first-order chi connectivity index (χ1) is 11.5. The van der Waals surface area contributed by atoms with E-state index in [0.29, 0.717) is 17.9 Å². The minimum absolute atomic E-state index is 0.146. The molecule has 1 aliphatic rings. The minimum Gasteiger partial charge on any atom is -0.420 e. The van der Waals surface area contributed by atoms with Gasteiger partial charge in [-0.25, -0.2) is 4.98 Å². The second-order valence-corrected chi connectivity index (χ2v) is 7.60. The minimum atomic E-state index is 0.146. The maximum Gasteiger partial charge on any atom is 0.247 e. The Labute approximate surface area is 141 Å². The van der Waals surface area contributed by atoms with Crippen LogP contribution in [0.15, 0.2) is 47.4 Å². The molecule has 124 valence electrons. The molecule has 2 heterocycles. The van der Waals surface area contributed by atoms with Gasteiger partial charge in [-0.15, -0.1) is 10.2 Å². The first-order valence-electron chi connectivity index (χ1n) is 8.42. The van der Waals surface area contributed by atoms with Gasteiger partial charge in [-0.3, -0.25) is 0 Å². The van der Waals surface area contributed by atoms with E-state index in [1.807, 2.05) is 18.7 Å². The Bertz CT molecular complexity index is 806. The molecule has 1 aliphatic carbocycles. The summed E-state index contributed by atoms with van der Waals surface area (Å²) in [5, 5.41) is 8.49. The van der Waals surface area contributed by atoms with E-state index >= 15 is 0 Å². The fourth-order valence-electron chi connectivity index (χ4n) is 3.15. The normalized spacial score (nSPS) is 20.8. The highest BCUT2D eigenvalue weighted by molar-refractivity contribution is 5.53. The lowest BCUT2D eigenvalue weighted by Crippen LogP contribution is -2.24. The van der Waals surface area contributed by atoms with Crippen molar-refractivity contribution < 1.29 is 4.42 Å². The Morgan fingerprint density at radius 2 is 1.83 bits per heavy atom. The largest absolute Gasteiger partial charge is 0.420 e. The Balaban J connectivity index is 1.46. The Morgan fingerprint density at radius 1 is 1.08 bits per heavy atom. The van der Waals surface area contributed by atoms with Crippen molar-refractivity contribution in [1.29, 1.82) is 0 Å². The molecule has 0 radical (unpaired) electrons. The molecule has 1 saturated carbocycles. The molecule has 0 saturated heterocycles. The zero-order chi connectivity index (χ0) is 16.7. The van der Waals surface area contributed by atoms with Crippen molar-refractivity contribution >= 4 is 0 Å². The fraction of sp³-hybridized carbons (Fsp3) is 0.421. The van der Waals surface area contributed by atoms with Crippen LogP contribution in [-0.4, -0.2) is 19.7 Å². The zero-order valence-corrected chi connectivity index (χ0v) is 14.3. The van der Waals surface area contributed by atoms with E-state index < -0.39 is 0 Å². The van der Waals surface area contributed by atoms with Crippen molar-refractivity contribution in [2.24, 2.45) is 0 Å². The van der Waals surface area contributed by atoms with E-state index in [9.17, 15) is 0 Å². The van der Waals surface area contributed by atoms with Crippen molar-refractivity contribution in [2.75, 3.05) is 0 Å². The van der Waals surface area contributed by atoms with Crippen LogP contribution in [0.3, 0.4) is 0 Å². The van der Waals surface area contributed by atoms with Gasteiger partial charge in [0.25, 0.3) is 0 Å². The van der Waals surface area contributed by atoms with Gasteiger partial charge in [0.2, 0.25) is 11.8 Å². The predicted octanol–water partition coefficient (Wildman–Crippen LogP) is 4.35. The molecule has 24 heavy (non-hydrogen) atoms. The number of nitrogens with zero attached hydrogens (tertiary/aromatic N) is 4. The van der Waals surface area contributed by atoms with Crippen molar-refractivity contribution in [2.45, 2.75) is 51.0 Å². The van der Waals surface area contributed by atoms with Crippen molar-refractivity contribution in [3.63, 3.8) is 0 Å². The summed E-state index contributed by atoms with van der Waals surface area (Å²) in [6.07, 6.45) is 7.76. The highest BCUT2D eigenvalue weighted by atomic mass is 16.4. The third kappa shape index (κ3) is 2.75. The molecule has 0 atom stereocenters. The van der Waals surface area contributed by atoms with E-state index in [2.05, 4.69) is 64.8 Å². The van der Waals surface area contributed by atoms with Gasteiger partial charge in [0.1, 0.15) is 0 Å². The van der Waals surface area contributed by atoms with Gasteiger partial charge in [0, 0.05) is 29.9 Å². The van der Waals surface area contributed by atoms with Crippen LogP contribution in [0.4, 0.5) is 0 Å². The van der Waals surface area contributed by atoms with Gasteiger partial charge >= 0.3 is 0 Å². The molecule has 0 unspecified atom stereocenters. The standard InChI is InChI=1S/C19H22N4O/c1-19(2,3)15-6-4-13(5-7-15)17-21-22-18(24-17)14-10-16(11-14)23-9-8-20-12-23/h4-9,12,14,16H,10-11H2,1-3H3. The van der Waals surface area contributed by atoms with Crippen LogP contribution in [-0.2, 0) is 5.41 Å². The van der Waals surface area contributed by atoms with E-state index in [1.165, 1.54) is 5.56 Å². The highest BCUT2D eigenvalue weighted by Gasteiger charge is 2.35. The van der Waals surface area contributed by atoms with Gasteiger partial charge in [-0.1, -0.05) is 32.9 Å². The molecule has 5 nitrogen and oxygen atoms in total. The third-order valence-corrected chi connectivity index (χ3v) is 4.85. The summed E-state index contributed by atoms with van der Waals surface area (Å²) >= 11 is 0. The van der Waals surface area contributed by atoms with E-state index in [1.54, 1.807) is 0 Å². The monoisotopic (exact) mass is 322 g/mol. The van der Waals surface area contributed by atoms with Crippen molar-refractivity contribution in [1.82, 2.24) is 19.7 Å². The lowest BCUT2D eigenvalue weighted by atomic mass is 9.80. The molecule has 5 heteroatoms. The molecule has 1 aromatic carbocycles. The summed E-state index contributed by atoms with van der Waals surface area (Å²) in [6, 6.07) is 8.90. The van der Waals surface area contributed by atoms with Gasteiger partial charge in [-0.05, 0) is 36.0 Å². The molecule has 1 fully saturated rings. The zero-order valence-electron chi connectivity index (χ0n) is 14.3. The Kier molecular flexibility index (Phi) is 3.52. The molecular formula is C19H22N4O. The molecule has 0 spiro atoms. The fourth-order valence-corrected chi connectivity index (χ4v) is 3.15. The number of hydrogen-bond donors (Lipinski definition) is 0. The molecule has 0 N–H and O–H groups in total. The van der Waals surface area contributed by atoms with Gasteiger partial charge in [0.15, 0.2) is 0 Å². The van der Waals surface area contributed by atoms with Crippen molar-refractivity contribution in [3.05, 3.63) is 54.4 Å². The van der Waals surface area contributed by atoms with E-state index in [0.717, 1.165) is 24.3 Å². The highest BCUT2D eigenvalue weighted by Crippen LogP contribution is 2.44. The molecule has 4 rings (SSSR count). The third-order valence-electron chi connectivity index (χ3n) is 4.85. The maximum atomic E-state index is 5.92. The van der Waals surface area contributed by atoms with Crippen LogP contribution in [0, 0.1) is 0 Å². The van der Waals surface area contributed by atoms with E-state index in [4.69, 9.17) is 4.42 Å². The average molecular weight is 322 g/mol. The molecule has 3 aromatic rings. The van der Waals surface area contributed by atoms with Crippen LogP contribution in [0.2, 0.25) is 0 Å².